The van der Waals surface area contributed by atoms with Crippen LogP contribution in [-0.2, 0) is 4.79 Å². The minimum atomic E-state index is -0.325. The van der Waals surface area contributed by atoms with Gasteiger partial charge in [-0.1, -0.05) is 0 Å². The van der Waals surface area contributed by atoms with Crippen molar-refractivity contribution < 1.29 is 4.79 Å². The Labute approximate surface area is 78.2 Å². The Morgan fingerprint density at radius 3 is 2.83 bits per heavy atom. The average molecular weight is 186 g/mol. The van der Waals surface area contributed by atoms with E-state index in [-0.39, 0.29) is 5.66 Å². The highest BCUT2D eigenvalue weighted by Crippen LogP contribution is 2.28. The molecule has 1 rings (SSSR count). The highest BCUT2D eigenvalue weighted by molar-refractivity contribution is 7.81. The lowest BCUT2D eigenvalue weighted by molar-refractivity contribution is 0.196. The van der Waals surface area contributed by atoms with Crippen molar-refractivity contribution in [2.24, 2.45) is 0 Å². The quantitative estimate of drug-likeness (QED) is 0.467. The van der Waals surface area contributed by atoms with Crippen molar-refractivity contribution in [1.82, 2.24) is 10.2 Å². The summed E-state index contributed by atoms with van der Waals surface area (Å²) in [7, 11) is 3.82. The Bertz CT molecular complexity index is 215. The summed E-state index contributed by atoms with van der Waals surface area (Å²) in [6, 6.07) is 0. The van der Waals surface area contributed by atoms with Crippen LogP contribution in [0.4, 0.5) is 0 Å². The average Bonchev–Trinajstić information content (AvgIpc) is 2.28. The molecule has 12 heavy (non-hydrogen) atoms. The molecule has 0 aromatic heterocycles. The maximum atomic E-state index is 10.3. The summed E-state index contributed by atoms with van der Waals surface area (Å²) >= 11 is 4.38. The second kappa shape index (κ2) is 3.62. The van der Waals surface area contributed by atoms with Crippen LogP contribution >= 0.6 is 12.6 Å². The van der Waals surface area contributed by atoms with Crippen LogP contribution in [-0.4, -0.2) is 42.4 Å². The zero-order chi connectivity index (χ0) is 9.19. The summed E-state index contributed by atoms with van der Waals surface area (Å²) in [6.07, 6.45) is 2.38. The Kier molecular flexibility index (Phi) is 2.96. The molecule has 0 radical (unpaired) electrons. The van der Waals surface area contributed by atoms with Crippen LogP contribution in [0.25, 0.3) is 0 Å². The van der Waals surface area contributed by atoms with Gasteiger partial charge in [-0.15, -0.1) is 0 Å². The topological polar surface area (TPSA) is 32.3 Å². The molecule has 0 aromatic rings. The van der Waals surface area contributed by atoms with Crippen molar-refractivity contribution in [3.63, 3.8) is 0 Å². The molecule has 0 aromatic carbocycles. The molecule has 0 saturated carbocycles. The fraction of sp³-hybridized carbons (Fsp3) is 0.750. The highest BCUT2D eigenvalue weighted by atomic mass is 32.1. The minimum Gasteiger partial charge on any atom is -0.298 e. The van der Waals surface area contributed by atoms with Crippen LogP contribution in [0.1, 0.15) is 6.42 Å². The Balaban J connectivity index is 2.85. The molecule has 0 unspecified atom stereocenters. The zero-order valence-corrected chi connectivity index (χ0v) is 8.27. The van der Waals surface area contributed by atoms with Crippen LogP contribution in [0.5, 0.6) is 0 Å². The first-order valence-electron chi connectivity index (χ1n) is 3.95. The number of hydrogen-bond acceptors (Lipinski definition) is 4. The number of thiol groups is 1. The van der Waals surface area contributed by atoms with Crippen LogP contribution < -0.4 is 5.32 Å². The Hall–Kier alpha value is -0.280. The number of likely N-dealkylation sites (N-methyl/N-ethyl adjacent to an activating group) is 2. The van der Waals surface area contributed by atoms with Crippen molar-refractivity contribution in [2.75, 3.05) is 20.6 Å². The van der Waals surface area contributed by atoms with E-state index in [0.29, 0.717) is 5.25 Å². The van der Waals surface area contributed by atoms with Gasteiger partial charge in [0.2, 0.25) is 0 Å². The van der Waals surface area contributed by atoms with Gasteiger partial charge in [-0.2, -0.15) is 12.6 Å². The summed E-state index contributed by atoms with van der Waals surface area (Å²) < 4.78 is 0. The van der Waals surface area contributed by atoms with E-state index >= 15 is 0 Å². The van der Waals surface area contributed by atoms with Crippen LogP contribution in [0.3, 0.4) is 0 Å². The van der Waals surface area contributed by atoms with Gasteiger partial charge >= 0.3 is 0 Å². The maximum absolute atomic E-state index is 10.3. The SMILES string of the molecule is CN[C@]1(C=C=O)C[C@@H](S)CN1C. The molecule has 0 spiro atoms. The fourth-order valence-corrected chi connectivity index (χ4v) is 2.21. The standard InChI is InChI=1S/C8H14N2OS/c1-9-8(3-4-11)5-7(12)6-10(8)2/h3,7,9,12H,5-6H2,1-2H3/t7-,8+/m1/s1. The van der Waals surface area contributed by atoms with Gasteiger partial charge in [-0.25, -0.2) is 4.79 Å². The number of nitrogens with one attached hydrogen (secondary N) is 1. The second-order valence-electron chi connectivity index (χ2n) is 3.17. The molecule has 1 aliphatic heterocycles. The van der Waals surface area contributed by atoms with Crippen LogP contribution in [0.15, 0.2) is 6.08 Å². The summed E-state index contributed by atoms with van der Waals surface area (Å²) in [5.74, 6) is 1.84. The number of rotatable bonds is 2. The van der Waals surface area contributed by atoms with E-state index in [4.69, 9.17) is 0 Å². The smallest absolute Gasteiger partial charge is 0.123 e. The lowest BCUT2D eigenvalue weighted by Gasteiger charge is -2.31. The molecule has 1 N–H and O–H groups in total. The number of hydrogen-bond donors (Lipinski definition) is 2. The molecule has 4 heteroatoms. The monoisotopic (exact) mass is 186 g/mol. The first kappa shape index (κ1) is 9.81. The Morgan fingerprint density at radius 2 is 2.50 bits per heavy atom. The molecular formula is C8H14N2OS. The number of nitrogens with zero attached hydrogens (tertiary/aromatic N) is 1. The van der Waals surface area contributed by atoms with Crippen molar-refractivity contribution >= 4 is 18.6 Å². The van der Waals surface area contributed by atoms with E-state index < -0.39 is 0 Å². The molecule has 3 nitrogen and oxygen atoms in total. The number of likely N-dealkylation sites (tertiary alicyclic amines) is 1. The van der Waals surface area contributed by atoms with E-state index in [2.05, 4.69) is 22.8 Å². The normalized spacial score (nSPS) is 36.4. The lowest BCUT2D eigenvalue weighted by Crippen LogP contribution is -2.50. The van der Waals surface area contributed by atoms with E-state index in [9.17, 15) is 4.79 Å². The maximum Gasteiger partial charge on any atom is 0.123 e. The number of carbonyl (C=O) groups excluding carboxylic acids is 1. The molecule has 68 valence electrons. The van der Waals surface area contributed by atoms with Gasteiger partial charge < -0.3 is 0 Å². The predicted octanol–water partition coefficient (Wildman–Crippen LogP) is -0.0762. The zero-order valence-electron chi connectivity index (χ0n) is 7.37. The van der Waals surface area contributed by atoms with Gasteiger partial charge in [0.15, 0.2) is 0 Å². The summed E-state index contributed by atoms with van der Waals surface area (Å²) in [6.45, 7) is 0.891. The van der Waals surface area contributed by atoms with Gasteiger partial charge in [0.1, 0.15) is 11.6 Å². The molecule has 1 saturated heterocycles. The predicted molar refractivity (Wildman–Crippen MR) is 52.1 cm³/mol. The van der Waals surface area contributed by atoms with Gasteiger partial charge in [-0.05, 0) is 20.5 Å². The summed E-state index contributed by atoms with van der Waals surface area (Å²) in [5, 5.41) is 3.44. The van der Waals surface area contributed by atoms with Crippen LogP contribution in [0, 0.1) is 0 Å². The molecule has 2 atom stereocenters. The van der Waals surface area contributed by atoms with Crippen molar-refractivity contribution in [1.29, 1.82) is 0 Å². The van der Waals surface area contributed by atoms with Crippen molar-refractivity contribution in [3.8, 4) is 0 Å². The van der Waals surface area contributed by atoms with Crippen molar-refractivity contribution in [2.45, 2.75) is 17.3 Å². The fourth-order valence-electron chi connectivity index (χ4n) is 1.69. The van der Waals surface area contributed by atoms with Gasteiger partial charge in [-0.3, -0.25) is 10.2 Å². The van der Waals surface area contributed by atoms with E-state index in [1.54, 1.807) is 0 Å². The molecule has 0 amide bonds. The Morgan fingerprint density at radius 1 is 1.83 bits per heavy atom. The van der Waals surface area contributed by atoms with E-state index in [1.165, 1.54) is 6.08 Å². The molecule has 1 fully saturated rings. The van der Waals surface area contributed by atoms with Crippen molar-refractivity contribution in [3.05, 3.63) is 6.08 Å². The minimum absolute atomic E-state index is 0.325. The summed E-state index contributed by atoms with van der Waals surface area (Å²) in [4.78, 5) is 12.4. The molecule has 1 aliphatic rings. The molecule has 0 aliphatic carbocycles. The van der Waals surface area contributed by atoms with Gasteiger partial charge in [0.25, 0.3) is 0 Å². The summed E-state index contributed by atoms with van der Waals surface area (Å²) in [5.41, 5.74) is -0.325. The third-order valence-corrected chi connectivity index (χ3v) is 2.79. The van der Waals surface area contributed by atoms with Crippen LogP contribution in [0.2, 0.25) is 0 Å². The third-order valence-electron chi connectivity index (χ3n) is 2.44. The third kappa shape index (κ3) is 1.57. The van der Waals surface area contributed by atoms with E-state index in [1.807, 2.05) is 20.0 Å². The first-order valence-corrected chi connectivity index (χ1v) is 4.46. The van der Waals surface area contributed by atoms with Gasteiger partial charge in [0, 0.05) is 17.9 Å². The molecule has 0 bridgehead atoms. The first-order chi connectivity index (χ1) is 5.64. The highest BCUT2D eigenvalue weighted by Gasteiger charge is 2.39. The van der Waals surface area contributed by atoms with E-state index in [0.717, 1.165) is 13.0 Å². The second-order valence-corrected chi connectivity index (χ2v) is 3.91. The van der Waals surface area contributed by atoms with Gasteiger partial charge in [0.05, 0.1) is 0 Å². The lowest BCUT2D eigenvalue weighted by atomic mass is 10.1. The molecule has 1 heterocycles. The molecular weight excluding hydrogens is 172 g/mol. The largest absolute Gasteiger partial charge is 0.298 e.